The van der Waals surface area contributed by atoms with E-state index in [1.165, 1.54) is 11.3 Å². The van der Waals surface area contributed by atoms with Crippen molar-refractivity contribution in [3.8, 4) is 0 Å². The smallest absolute Gasteiger partial charge is 0.220 e. The molecule has 6 nitrogen and oxygen atoms in total. The quantitative estimate of drug-likeness (QED) is 0.565. The third-order valence-electron chi connectivity index (χ3n) is 5.74. The van der Waals surface area contributed by atoms with Gasteiger partial charge in [-0.25, -0.2) is 4.98 Å². The molecule has 1 amide bonds. The molecule has 2 heterocycles. The van der Waals surface area contributed by atoms with Crippen molar-refractivity contribution in [2.24, 2.45) is 0 Å². The number of hydrogen-bond donors (Lipinski definition) is 2. The summed E-state index contributed by atoms with van der Waals surface area (Å²) in [5.74, 6) is 0.970. The number of imidazole rings is 1. The monoisotopic (exact) mass is 405 g/mol. The van der Waals surface area contributed by atoms with E-state index in [2.05, 4.69) is 56.3 Å². The highest BCUT2D eigenvalue weighted by molar-refractivity contribution is 5.77. The number of para-hydroxylation sites is 2. The summed E-state index contributed by atoms with van der Waals surface area (Å²) in [6, 6.07) is 16.7. The molecular weight excluding hydrogens is 374 g/mol. The molecule has 0 saturated carbocycles. The van der Waals surface area contributed by atoms with Crippen LogP contribution in [-0.2, 0) is 11.2 Å². The van der Waals surface area contributed by atoms with Crippen molar-refractivity contribution in [3.63, 3.8) is 0 Å². The fourth-order valence-corrected chi connectivity index (χ4v) is 4.03. The first-order chi connectivity index (χ1) is 14.7. The lowest BCUT2D eigenvalue weighted by molar-refractivity contribution is -0.121. The lowest BCUT2D eigenvalue weighted by atomic mass is 10.2. The molecule has 30 heavy (non-hydrogen) atoms. The standard InChI is InChI=1S/C24H31N5O/c1-19-6-4-7-20(18-19)29-16-14-28(15-17-29)13-5-12-25-24(30)11-10-23-26-21-8-2-3-9-22(21)27-23/h2-4,6-9,18H,5,10-17H2,1H3,(H,25,30)(H,26,27). The zero-order valence-corrected chi connectivity index (χ0v) is 17.7. The predicted octanol–water partition coefficient (Wildman–Crippen LogP) is 3.13. The van der Waals surface area contributed by atoms with Gasteiger partial charge in [-0.15, -0.1) is 0 Å². The van der Waals surface area contributed by atoms with Crippen LogP contribution in [0.15, 0.2) is 48.5 Å². The number of nitrogens with one attached hydrogen (secondary N) is 2. The van der Waals surface area contributed by atoms with Crippen LogP contribution in [0.1, 0.15) is 24.2 Å². The third-order valence-corrected chi connectivity index (χ3v) is 5.74. The van der Waals surface area contributed by atoms with Crippen LogP contribution in [0.25, 0.3) is 11.0 Å². The maximum Gasteiger partial charge on any atom is 0.220 e. The Kier molecular flexibility index (Phi) is 6.64. The summed E-state index contributed by atoms with van der Waals surface area (Å²) < 4.78 is 0. The van der Waals surface area contributed by atoms with Crippen molar-refractivity contribution in [2.75, 3.05) is 44.2 Å². The van der Waals surface area contributed by atoms with Crippen molar-refractivity contribution in [1.82, 2.24) is 20.2 Å². The van der Waals surface area contributed by atoms with E-state index in [4.69, 9.17) is 0 Å². The lowest BCUT2D eigenvalue weighted by Gasteiger charge is -2.36. The normalized spacial score (nSPS) is 14.9. The molecule has 158 valence electrons. The van der Waals surface area contributed by atoms with Gasteiger partial charge in [0, 0.05) is 51.3 Å². The molecule has 1 aliphatic rings. The molecular formula is C24H31N5O. The Hall–Kier alpha value is -2.86. The van der Waals surface area contributed by atoms with E-state index in [1.54, 1.807) is 0 Å². The molecule has 3 aromatic rings. The minimum Gasteiger partial charge on any atom is -0.369 e. The van der Waals surface area contributed by atoms with Crippen molar-refractivity contribution in [2.45, 2.75) is 26.2 Å². The molecule has 1 aliphatic heterocycles. The number of rotatable bonds is 8. The molecule has 2 N–H and O–H groups in total. The number of hydrogen-bond acceptors (Lipinski definition) is 4. The topological polar surface area (TPSA) is 64.3 Å². The van der Waals surface area contributed by atoms with Crippen LogP contribution in [0.4, 0.5) is 5.69 Å². The minimum atomic E-state index is 0.0970. The van der Waals surface area contributed by atoms with Crippen LogP contribution in [-0.4, -0.2) is 60.0 Å². The molecule has 1 aromatic heterocycles. The number of carbonyl (C=O) groups excluding carboxylic acids is 1. The molecule has 0 aliphatic carbocycles. The van der Waals surface area contributed by atoms with Gasteiger partial charge in [-0.05, 0) is 49.7 Å². The average Bonchev–Trinajstić information content (AvgIpc) is 3.19. The Morgan fingerprint density at radius 3 is 2.73 bits per heavy atom. The Morgan fingerprint density at radius 1 is 1.10 bits per heavy atom. The van der Waals surface area contributed by atoms with Crippen LogP contribution in [0, 0.1) is 6.92 Å². The van der Waals surface area contributed by atoms with Gasteiger partial charge in [-0.3, -0.25) is 9.69 Å². The third kappa shape index (κ3) is 5.39. The fourth-order valence-electron chi connectivity index (χ4n) is 4.03. The largest absolute Gasteiger partial charge is 0.369 e. The lowest BCUT2D eigenvalue weighted by Crippen LogP contribution is -2.47. The molecule has 0 radical (unpaired) electrons. The second kappa shape index (κ2) is 9.76. The summed E-state index contributed by atoms with van der Waals surface area (Å²) in [7, 11) is 0. The molecule has 1 fully saturated rings. The number of H-pyrrole nitrogens is 1. The Morgan fingerprint density at radius 2 is 1.93 bits per heavy atom. The number of amides is 1. The van der Waals surface area contributed by atoms with Crippen molar-refractivity contribution >= 4 is 22.6 Å². The summed E-state index contributed by atoms with van der Waals surface area (Å²) >= 11 is 0. The van der Waals surface area contributed by atoms with Crippen LogP contribution in [0.5, 0.6) is 0 Å². The molecule has 0 spiro atoms. The summed E-state index contributed by atoms with van der Waals surface area (Å²) in [6.07, 6.45) is 2.09. The van der Waals surface area contributed by atoms with E-state index >= 15 is 0 Å². The fraction of sp³-hybridized carbons (Fsp3) is 0.417. The van der Waals surface area contributed by atoms with Gasteiger partial charge in [-0.2, -0.15) is 0 Å². The van der Waals surface area contributed by atoms with E-state index in [0.717, 1.165) is 62.5 Å². The summed E-state index contributed by atoms with van der Waals surface area (Å²) in [4.78, 5) is 24.9. The second-order valence-electron chi connectivity index (χ2n) is 8.07. The Bertz CT molecular complexity index is 941. The second-order valence-corrected chi connectivity index (χ2v) is 8.07. The number of nitrogens with zero attached hydrogens (tertiary/aromatic N) is 3. The van der Waals surface area contributed by atoms with Gasteiger partial charge in [0.05, 0.1) is 11.0 Å². The highest BCUT2D eigenvalue weighted by Crippen LogP contribution is 2.17. The average molecular weight is 406 g/mol. The number of carbonyl (C=O) groups is 1. The van der Waals surface area contributed by atoms with Gasteiger partial charge in [-0.1, -0.05) is 24.3 Å². The minimum absolute atomic E-state index is 0.0970. The first-order valence-corrected chi connectivity index (χ1v) is 10.9. The van der Waals surface area contributed by atoms with Gasteiger partial charge in [0.15, 0.2) is 0 Å². The Labute approximate surface area is 178 Å². The van der Waals surface area contributed by atoms with Crippen LogP contribution < -0.4 is 10.2 Å². The maximum atomic E-state index is 12.1. The van der Waals surface area contributed by atoms with Gasteiger partial charge in [0.2, 0.25) is 5.91 Å². The number of anilines is 1. The zero-order chi connectivity index (χ0) is 20.8. The van der Waals surface area contributed by atoms with Gasteiger partial charge in [0.1, 0.15) is 5.82 Å². The summed E-state index contributed by atoms with van der Waals surface area (Å²) in [5.41, 5.74) is 4.61. The van der Waals surface area contributed by atoms with E-state index in [-0.39, 0.29) is 5.91 Å². The van der Waals surface area contributed by atoms with E-state index in [1.807, 2.05) is 24.3 Å². The molecule has 0 unspecified atom stereocenters. The number of aryl methyl sites for hydroxylation is 2. The molecule has 2 aromatic carbocycles. The van der Waals surface area contributed by atoms with E-state index < -0.39 is 0 Å². The van der Waals surface area contributed by atoms with Crippen LogP contribution in [0.2, 0.25) is 0 Å². The van der Waals surface area contributed by atoms with E-state index in [0.29, 0.717) is 12.8 Å². The number of piperazine rings is 1. The molecule has 0 bridgehead atoms. The van der Waals surface area contributed by atoms with Gasteiger partial charge < -0.3 is 15.2 Å². The maximum absolute atomic E-state index is 12.1. The molecule has 6 heteroatoms. The predicted molar refractivity (Wildman–Crippen MR) is 122 cm³/mol. The number of benzene rings is 2. The van der Waals surface area contributed by atoms with Crippen molar-refractivity contribution in [3.05, 3.63) is 59.9 Å². The highest BCUT2D eigenvalue weighted by atomic mass is 16.1. The summed E-state index contributed by atoms with van der Waals surface area (Å²) in [5, 5.41) is 3.05. The number of fused-ring (bicyclic) bond motifs is 1. The first-order valence-electron chi connectivity index (χ1n) is 10.9. The molecule has 1 saturated heterocycles. The van der Waals surface area contributed by atoms with Gasteiger partial charge >= 0.3 is 0 Å². The van der Waals surface area contributed by atoms with Crippen molar-refractivity contribution in [1.29, 1.82) is 0 Å². The number of aromatic nitrogens is 2. The van der Waals surface area contributed by atoms with Crippen LogP contribution in [0.3, 0.4) is 0 Å². The van der Waals surface area contributed by atoms with Gasteiger partial charge in [0.25, 0.3) is 0 Å². The van der Waals surface area contributed by atoms with Crippen molar-refractivity contribution < 1.29 is 4.79 Å². The highest BCUT2D eigenvalue weighted by Gasteiger charge is 2.16. The number of aromatic amines is 1. The SMILES string of the molecule is Cc1cccc(N2CCN(CCCNC(=O)CCc3nc4ccccc4[nH]3)CC2)c1. The Balaban J connectivity index is 1.10. The van der Waals surface area contributed by atoms with E-state index in [9.17, 15) is 4.79 Å². The van der Waals surface area contributed by atoms with Crippen LogP contribution >= 0.6 is 0 Å². The summed E-state index contributed by atoms with van der Waals surface area (Å²) in [6.45, 7) is 8.19. The molecule has 4 rings (SSSR count). The molecule has 0 atom stereocenters. The zero-order valence-electron chi connectivity index (χ0n) is 17.7. The first kappa shape index (κ1) is 20.4.